The van der Waals surface area contributed by atoms with Crippen LogP contribution in [0.4, 0.5) is 0 Å². The van der Waals surface area contributed by atoms with Gasteiger partial charge in [0.25, 0.3) is 0 Å². The lowest BCUT2D eigenvalue weighted by atomic mass is 10.3. The zero-order valence-electron chi connectivity index (χ0n) is 7.78. The molecule has 0 saturated carbocycles. The first-order valence-electron chi connectivity index (χ1n) is 4.27. The van der Waals surface area contributed by atoms with Crippen LogP contribution in [0.5, 0.6) is 0 Å². The highest BCUT2D eigenvalue weighted by molar-refractivity contribution is 5.84. The molecule has 0 bridgehead atoms. The minimum Gasteiger partial charge on any atom is -0.460 e. The SMILES string of the molecule is CCOC(=O)c1nccc(CC)n1. The van der Waals surface area contributed by atoms with Crippen LogP contribution in [-0.2, 0) is 11.2 Å². The Labute approximate surface area is 77.0 Å². The molecule has 0 aliphatic carbocycles. The highest BCUT2D eigenvalue weighted by Gasteiger charge is 2.09. The summed E-state index contributed by atoms with van der Waals surface area (Å²) >= 11 is 0. The third-order valence-corrected chi connectivity index (χ3v) is 1.53. The quantitative estimate of drug-likeness (QED) is 0.656. The van der Waals surface area contributed by atoms with Gasteiger partial charge in [-0.15, -0.1) is 0 Å². The molecular formula is C9H12N2O2. The molecule has 4 heteroatoms. The van der Waals surface area contributed by atoms with E-state index in [9.17, 15) is 4.79 Å². The Bertz CT molecular complexity index is 299. The van der Waals surface area contributed by atoms with E-state index in [-0.39, 0.29) is 5.82 Å². The maximum Gasteiger partial charge on any atom is 0.376 e. The Morgan fingerprint density at radius 1 is 1.54 bits per heavy atom. The smallest absolute Gasteiger partial charge is 0.376 e. The molecule has 0 amide bonds. The Balaban J connectivity index is 2.82. The normalized spacial score (nSPS) is 9.69. The van der Waals surface area contributed by atoms with Crippen LogP contribution < -0.4 is 0 Å². The maximum absolute atomic E-state index is 11.2. The standard InChI is InChI=1S/C9H12N2O2/c1-3-7-5-6-10-8(11-7)9(12)13-4-2/h5-6H,3-4H2,1-2H3. The van der Waals surface area contributed by atoms with Crippen LogP contribution in [0.2, 0.25) is 0 Å². The number of esters is 1. The molecule has 0 unspecified atom stereocenters. The summed E-state index contributed by atoms with van der Waals surface area (Å²) in [6.45, 7) is 4.07. The van der Waals surface area contributed by atoms with E-state index in [4.69, 9.17) is 4.74 Å². The summed E-state index contributed by atoms with van der Waals surface area (Å²) in [6.07, 6.45) is 2.35. The minimum atomic E-state index is -0.460. The molecule has 1 aromatic rings. The van der Waals surface area contributed by atoms with Gasteiger partial charge >= 0.3 is 5.97 Å². The molecule has 13 heavy (non-hydrogen) atoms. The second kappa shape index (κ2) is 4.54. The molecule has 0 N–H and O–H groups in total. The number of ether oxygens (including phenoxy) is 1. The number of carbonyl (C=O) groups excluding carboxylic acids is 1. The average Bonchev–Trinajstić information content (AvgIpc) is 2.18. The predicted octanol–water partition coefficient (Wildman–Crippen LogP) is 1.22. The van der Waals surface area contributed by atoms with Gasteiger partial charge in [-0.1, -0.05) is 6.92 Å². The summed E-state index contributed by atoms with van der Waals surface area (Å²) in [6, 6.07) is 1.78. The lowest BCUT2D eigenvalue weighted by Crippen LogP contribution is -2.10. The van der Waals surface area contributed by atoms with E-state index >= 15 is 0 Å². The number of rotatable bonds is 3. The van der Waals surface area contributed by atoms with Crippen molar-refractivity contribution in [3.8, 4) is 0 Å². The summed E-state index contributed by atoms with van der Waals surface area (Å²) < 4.78 is 4.76. The molecule has 0 aliphatic rings. The largest absolute Gasteiger partial charge is 0.460 e. The second-order valence-electron chi connectivity index (χ2n) is 2.45. The van der Waals surface area contributed by atoms with E-state index in [2.05, 4.69) is 9.97 Å². The van der Waals surface area contributed by atoms with Gasteiger partial charge in [-0.3, -0.25) is 0 Å². The third-order valence-electron chi connectivity index (χ3n) is 1.53. The van der Waals surface area contributed by atoms with E-state index in [0.717, 1.165) is 12.1 Å². The molecule has 0 spiro atoms. The fraction of sp³-hybridized carbons (Fsp3) is 0.444. The van der Waals surface area contributed by atoms with Crippen molar-refractivity contribution in [2.45, 2.75) is 20.3 Å². The van der Waals surface area contributed by atoms with Crippen LogP contribution in [0.1, 0.15) is 30.2 Å². The topological polar surface area (TPSA) is 52.1 Å². The fourth-order valence-corrected chi connectivity index (χ4v) is 0.887. The van der Waals surface area contributed by atoms with Gasteiger partial charge in [-0.2, -0.15) is 0 Å². The highest BCUT2D eigenvalue weighted by Crippen LogP contribution is 1.98. The van der Waals surface area contributed by atoms with Crippen molar-refractivity contribution >= 4 is 5.97 Å². The maximum atomic E-state index is 11.2. The molecule has 4 nitrogen and oxygen atoms in total. The number of nitrogens with zero attached hydrogens (tertiary/aromatic N) is 2. The first-order valence-corrected chi connectivity index (χ1v) is 4.27. The van der Waals surface area contributed by atoms with Crippen molar-refractivity contribution in [2.75, 3.05) is 6.61 Å². The monoisotopic (exact) mass is 180 g/mol. The van der Waals surface area contributed by atoms with E-state index < -0.39 is 5.97 Å². The Morgan fingerprint density at radius 3 is 2.92 bits per heavy atom. The zero-order valence-corrected chi connectivity index (χ0v) is 7.78. The number of carbonyl (C=O) groups is 1. The highest BCUT2D eigenvalue weighted by atomic mass is 16.5. The van der Waals surface area contributed by atoms with Crippen molar-refractivity contribution in [3.05, 3.63) is 23.8 Å². The zero-order chi connectivity index (χ0) is 9.68. The van der Waals surface area contributed by atoms with Gasteiger partial charge in [0.05, 0.1) is 6.61 Å². The number of hydrogen-bond acceptors (Lipinski definition) is 4. The lowest BCUT2D eigenvalue weighted by Gasteiger charge is -2.00. The summed E-state index contributed by atoms with van der Waals surface area (Å²) in [5.41, 5.74) is 0.845. The molecule has 0 aromatic carbocycles. The fourth-order valence-electron chi connectivity index (χ4n) is 0.887. The van der Waals surface area contributed by atoms with Crippen LogP contribution in [0.15, 0.2) is 12.3 Å². The van der Waals surface area contributed by atoms with E-state index in [0.29, 0.717) is 6.61 Å². The molecule has 1 aromatic heterocycles. The van der Waals surface area contributed by atoms with Crippen LogP contribution in [-0.4, -0.2) is 22.5 Å². The lowest BCUT2D eigenvalue weighted by molar-refractivity contribution is 0.0511. The van der Waals surface area contributed by atoms with Crippen molar-refractivity contribution in [1.29, 1.82) is 0 Å². The number of hydrogen-bond donors (Lipinski definition) is 0. The Morgan fingerprint density at radius 2 is 2.31 bits per heavy atom. The van der Waals surface area contributed by atoms with Crippen molar-refractivity contribution in [2.24, 2.45) is 0 Å². The van der Waals surface area contributed by atoms with Gasteiger partial charge in [-0.25, -0.2) is 14.8 Å². The van der Waals surface area contributed by atoms with Crippen molar-refractivity contribution < 1.29 is 9.53 Å². The molecular weight excluding hydrogens is 168 g/mol. The second-order valence-corrected chi connectivity index (χ2v) is 2.45. The summed E-state index contributed by atoms with van der Waals surface area (Å²) in [5.74, 6) is -0.320. The molecule has 0 saturated heterocycles. The predicted molar refractivity (Wildman–Crippen MR) is 47.4 cm³/mol. The van der Waals surface area contributed by atoms with Gasteiger partial charge in [0.1, 0.15) is 0 Å². The summed E-state index contributed by atoms with van der Waals surface area (Å²) in [7, 11) is 0. The third kappa shape index (κ3) is 2.50. The van der Waals surface area contributed by atoms with Crippen molar-refractivity contribution in [1.82, 2.24) is 9.97 Å². The molecule has 0 fully saturated rings. The number of aromatic nitrogens is 2. The van der Waals surface area contributed by atoms with Crippen LogP contribution in [0, 0.1) is 0 Å². The van der Waals surface area contributed by atoms with Gasteiger partial charge in [0.15, 0.2) is 0 Å². The van der Waals surface area contributed by atoms with Crippen molar-refractivity contribution in [3.63, 3.8) is 0 Å². The van der Waals surface area contributed by atoms with E-state index in [1.165, 1.54) is 0 Å². The molecule has 0 atom stereocenters. The Hall–Kier alpha value is -1.45. The average molecular weight is 180 g/mol. The minimum absolute atomic E-state index is 0.140. The first kappa shape index (κ1) is 9.64. The van der Waals surface area contributed by atoms with E-state index in [1.807, 2.05) is 6.92 Å². The molecule has 1 rings (SSSR count). The van der Waals surface area contributed by atoms with Gasteiger partial charge < -0.3 is 4.74 Å². The van der Waals surface area contributed by atoms with Crippen LogP contribution in [0.3, 0.4) is 0 Å². The molecule has 0 radical (unpaired) electrons. The van der Waals surface area contributed by atoms with Gasteiger partial charge in [0.2, 0.25) is 5.82 Å². The van der Waals surface area contributed by atoms with Gasteiger partial charge in [0, 0.05) is 11.9 Å². The van der Waals surface area contributed by atoms with Crippen LogP contribution in [0.25, 0.3) is 0 Å². The van der Waals surface area contributed by atoms with E-state index in [1.54, 1.807) is 19.2 Å². The first-order chi connectivity index (χ1) is 6.27. The summed E-state index contributed by atoms with van der Waals surface area (Å²) in [5, 5.41) is 0. The van der Waals surface area contributed by atoms with Gasteiger partial charge in [-0.05, 0) is 19.4 Å². The number of aryl methyl sites for hydroxylation is 1. The Kier molecular flexibility index (Phi) is 3.37. The molecule has 0 aliphatic heterocycles. The summed E-state index contributed by atoms with van der Waals surface area (Å²) in [4.78, 5) is 19.0. The molecule has 1 heterocycles. The molecule has 70 valence electrons. The van der Waals surface area contributed by atoms with Crippen LogP contribution >= 0.6 is 0 Å².